The van der Waals surface area contributed by atoms with Crippen molar-refractivity contribution in [3.8, 4) is 0 Å². The number of rotatable bonds is 7. The predicted octanol–water partition coefficient (Wildman–Crippen LogP) is 2.21. The molecule has 0 aromatic rings. The zero-order valence-electron chi connectivity index (χ0n) is 11.0. The Morgan fingerprint density at radius 1 is 1.19 bits per heavy atom. The van der Waals surface area contributed by atoms with E-state index in [1.807, 2.05) is 0 Å². The summed E-state index contributed by atoms with van der Waals surface area (Å²) in [4.78, 5) is 0. The van der Waals surface area contributed by atoms with Gasteiger partial charge in [0.1, 0.15) is 0 Å². The highest BCUT2D eigenvalue weighted by atomic mass is 16.6. The highest BCUT2D eigenvalue weighted by Gasteiger charge is 2.26. The molecule has 0 aromatic carbocycles. The van der Waals surface area contributed by atoms with Gasteiger partial charge in [-0.25, -0.2) is 0 Å². The summed E-state index contributed by atoms with van der Waals surface area (Å²) >= 11 is 0. The van der Waals surface area contributed by atoms with E-state index in [9.17, 15) is 0 Å². The summed E-state index contributed by atoms with van der Waals surface area (Å²) in [5.74, 6) is 0.801. The van der Waals surface area contributed by atoms with Crippen LogP contribution >= 0.6 is 0 Å². The van der Waals surface area contributed by atoms with Crippen molar-refractivity contribution in [1.82, 2.24) is 5.32 Å². The Hall–Kier alpha value is -0.120. The minimum atomic E-state index is 0.245. The lowest BCUT2D eigenvalue weighted by Crippen LogP contribution is -2.47. The standard InChI is InChI=1S/C13H27NO2/c1-4-11(5-2)9-12(14-6-3)13-10-15-7-8-16-13/h11-14H,4-10H2,1-3H3. The second kappa shape index (κ2) is 8.04. The summed E-state index contributed by atoms with van der Waals surface area (Å²) in [5, 5.41) is 3.55. The van der Waals surface area contributed by atoms with E-state index in [4.69, 9.17) is 9.47 Å². The number of likely N-dealkylation sites (N-methyl/N-ethyl adjacent to an activating group) is 1. The van der Waals surface area contributed by atoms with Gasteiger partial charge in [0.15, 0.2) is 0 Å². The zero-order chi connectivity index (χ0) is 11.8. The molecule has 3 nitrogen and oxygen atoms in total. The van der Waals surface area contributed by atoms with Gasteiger partial charge in [0.25, 0.3) is 0 Å². The topological polar surface area (TPSA) is 30.5 Å². The molecule has 0 spiro atoms. The molecular formula is C13H27NO2. The Labute approximate surface area is 99.9 Å². The fourth-order valence-corrected chi connectivity index (χ4v) is 2.35. The summed E-state index contributed by atoms with van der Waals surface area (Å²) in [6.07, 6.45) is 3.96. The molecule has 1 saturated heterocycles. The minimum Gasteiger partial charge on any atom is -0.376 e. The average Bonchev–Trinajstić information content (AvgIpc) is 2.35. The first-order valence-corrected chi connectivity index (χ1v) is 6.74. The Morgan fingerprint density at radius 2 is 1.94 bits per heavy atom. The molecule has 2 atom stereocenters. The van der Waals surface area contributed by atoms with Crippen LogP contribution in [-0.2, 0) is 9.47 Å². The Balaban J connectivity index is 2.44. The molecule has 0 aromatic heterocycles. The first kappa shape index (κ1) is 13.9. The first-order valence-electron chi connectivity index (χ1n) is 6.74. The van der Waals surface area contributed by atoms with Crippen LogP contribution in [0, 0.1) is 5.92 Å². The van der Waals surface area contributed by atoms with Crippen molar-refractivity contribution in [1.29, 1.82) is 0 Å². The normalized spacial score (nSPS) is 23.6. The summed E-state index contributed by atoms with van der Waals surface area (Å²) in [7, 11) is 0. The molecular weight excluding hydrogens is 202 g/mol. The molecule has 1 rings (SSSR count). The number of nitrogens with one attached hydrogen (secondary N) is 1. The van der Waals surface area contributed by atoms with Crippen LogP contribution in [-0.4, -0.2) is 38.5 Å². The largest absolute Gasteiger partial charge is 0.376 e. The van der Waals surface area contributed by atoms with Gasteiger partial charge in [-0.2, -0.15) is 0 Å². The van der Waals surface area contributed by atoms with Gasteiger partial charge in [0, 0.05) is 6.04 Å². The van der Waals surface area contributed by atoms with Crippen molar-refractivity contribution in [2.75, 3.05) is 26.4 Å². The lowest BCUT2D eigenvalue weighted by atomic mass is 9.92. The van der Waals surface area contributed by atoms with Gasteiger partial charge < -0.3 is 14.8 Å². The number of ether oxygens (including phenoxy) is 2. The van der Waals surface area contributed by atoms with E-state index in [2.05, 4.69) is 26.1 Å². The molecule has 1 N–H and O–H groups in total. The van der Waals surface area contributed by atoms with Crippen LogP contribution in [0.1, 0.15) is 40.0 Å². The Kier molecular flexibility index (Phi) is 7.01. The minimum absolute atomic E-state index is 0.245. The molecule has 1 fully saturated rings. The molecule has 0 aliphatic carbocycles. The highest BCUT2D eigenvalue weighted by Crippen LogP contribution is 2.19. The monoisotopic (exact) mass is 229 g/mol. The van der Waals surface area contributed by atoms with E-state index < -0.39 is 0 Å². The Bertz CT molecular complexity index is 165. The predicted molar refractivity (Wildman–Crippen MR) is 66.7 cm³/mol. The van der Waals surface area contributed by atoms with Gasteiger partial charge in [0.05, 0.1) is 25.9 Å². The summed E-state index contributed by atoms with van der Waals surface area (Å²) in [5.41, 5.74) is 0. The van der Waals surface area contributed by atoms with Crippen LogP contribution < -0.4 is 5.32 Å². The van der Waals surface area contributed by atoms with Gasteiger partial charge in [0.2, 0.25) is 0 Å². The number of hydrogen-bond acceptors (Lipinski definition) is 3. The van der Waals surface area contributed by atoms with Crippen LogP contribution in [0.25, 0.3) is 0 Å². The van der Waals surface area contributed by atoms with Gasteiger partial charge in [-0.15, -0.1) is 0 Å². The Morgan fingerprint density at radius 3 is 2.44 bits per heavy atom. The van der Waals surface area contributed by atoms with E-state index in [1.165, 1.54) is 19.3 Å². The molecule has 0 saturated carbocycles. The molecule has 1 aliphatic rings. The van der Waals surface area contributed by atoms with Gasteiger partial charge in [-0.1, -0.05) is 33.6 Å². The molecule has 96 valence electrons. The van der Waals surface area contributed by atoms with E-state index in [-0.39, 0.29) is 6.10 Å². The number of hydrogen-bond donors (Lipinski definition) is 1. The van der Waals surface area contributed by atoms with Crippen LogP contribution in [0.2, 0.25) is 0 Å². The summed E-state index contributed by atoms with van der Waals surface area (Å²) in [6.45, 7) is 9.95. The van der Waals surface area contributed by atoms with E-state index in [0.29, 0.717) is 6.04 Å². The van der Waals surface area contributed by atoms with E-state index in [0.717, 1.165) is 32.3 Å². The molecule has 2 unspecified atom stereocenters. The average molecular weight is 229 g/mol. The van der Waals surface area contributed by atoms with Gasteiger partial charge in [-0.3, -0.25) is 0 Å². The zero-order valence-corrected chi connectivity index (χ0v) is 11.0. The SMILES string of the molecule is CCNC(CC(CC)CC)C1COCCO1. The molecule has 16 heavy (non-hydrogen) atoms. The summed E-state index contributed by atoms with van der Waals surface area (Å²) in [6, 6.07) is 0.454. The third-order valence-electron chi connectivity index (χ3n) is 3.50. The second-order valence-electron chi connectivity index (χ2n) is 4.57. The van der Waals surface area contributed by atoms with E-state index in [1.54, 1.807) is 0 Å². The van der Waals surface area contributed by atoms with Crippen LogP contribution in [0.5, 0.6) is 0 Å². The van der Waals surface area contributed by atoms with E-state index >= 15 is 0 Å². The van der Waals surface area contributed by atoms with Gasteiger partial charge in [-0.05, 0) is 18.9 Å². The first-order chi connectivity index (χ1) is 7.81. The molecule has 0 radical (unpaired) electrons. The van der Waals surface area contributed by atoms with Crippen LogP contribution in [0.3, 0.4) is 0 Å². The van der Waals surface area contributed by atoms with Crippen LogP contribution in [0.4, 0.5) is 0 Å². The van der Waals surface area contributed by atoms with Crippen molar-refractivity contribution >= 4 is 0 Å². The molecule has 1 heterocycles. The molecule has 0 bridgehead atoms. The maximum absolute atomic E-state index is 5.80. The fraction of sp³-hybridized carbons (Fsp3) is 1.00. The third-order valence-corrected chi connectivity index (χ3v) is 3.50. The van der Waals surface area contributed by atoms with Crippen molar-refractivity contribution in [3.05, 3.63) is 0 Å². The van der Waals surface area contributed by atoms with Gasteiger partial charge >= 0.3 is 0 Å². The fourth-order valence-electron chi connectivity index (χ4n) is 2.35. The van der Waals surface area contributed by atoms with Crippen molar-refractivity contribution in [3.63, 3.8) is 0 Å². The third kappa shape index (κ3) is 4.40. The van der Waals surface area contributed by atoms with Crippen molar-refractivity contribution in [2.24, 2.45) is 5.92 Å². The van der Waals surface area contributed by atoms with Crippen LogP contribution in [0.15, 0.2) is 0 Å². The summed E-state index contributed by atoms with van der Waals surface area (Å²) < 4.78 is 11.3. The smallest absolute Gasteiger partial charge is 0.0962 e. The highest BCUT2D eigenvalue weighted by molar-refractivity contribution is 4.80. The lowest BCUT2D eigenvalue weighted by Gasteiger charge is -2.33. The maximum Gasteiger partial charge on any atom is 0.0962 e. The molecule has 3 heteroatoms. The van der Waals surface area contributed by atoms with Crippen molar-refractivity contribution < 1.29 is 9.47 Å². The molecule has 1 aliphatic heterocycles. The quantitative estimate of drug-likeness (QED) is 0.726. The second-order valence-corrected chi connectivity index (χ2v) is 4.57. The molecule has 0 amide bonds. The van der Waals surface area contributed by atoms with Crippen molar-refractivity contribution in [2.45, 2.75) is 52.2 Å². The maximum atomic E-state index is 5.80. The lowest BCUT2D eigenvalue weighted by molar-refractivity contribution is -0.104.